The van der Waals surface area contributed by atoms with Crippen molar-refractivity contribution in [3.8, 4) is 17.0 Å². The molecule has 88 valence electrons. The zero-order chi connectivity index (χ0) is 12.3. The van der Waals surface area contributed by atoms with Crippen molar-refractivity contribution in [2.24, 2.45) is 0 Å². The van der Waals surface area contributed by atoms with Gasteiger partial charge in [0.05, 0.1) is 19.1 Å². The standard InChI is InChI=1S/C13H14N2OS/c1-3-11-12(14-8-15-13(11)17)9-4-6-10(16-2)7-5-9/h4-8H,3H2,1-2H3,(H,14,15,17). The molecule has 1 aromatic carbocycles. The van der Waals surface area contributed by atoms with E-state index in [0.717, 1.165) is 29.0 Å². The molecule has 1 N–H and O–H groups in total. The third-order valence-corrected chi connectivity index (χ3v) is 3.03. The van der Waals surface area contributed by atoms with E-state index in [2.05, 4.69) is 16.9 Å². The molecule has 0 aliphatic heterocycles. The number of benzene rings is 1. The Morgan fingerprint density at radius 1 is 1.29 bits per heavy atom. The third-order valence-electron chi connectivity index (χ3n) is 2.68. The molecule has 0 radical (unpaired) electrons. The summed E-state index contributed by atoms with van der Waals surface area (Å²) in [6, 6.07) is 7.90. The van der Waals surface area contributed by atoms with Gasteiger partial charge in [-0.1, -0.05) is 19.1 Å². The summed E-state index contributed by atoms with van der Waals surface area (Å²) in [4.78, 5) is 7.27. The van der Waals surface area contributed by atoms with Gasteiger partial charge in [0.15, 0.2) is 0 Å². The minimum Gasteiger partial charge on any atom is -0.497 e. The fourth-order valence-corrected chi connectivity index (χ4v) is 2.07. The topological polar surface area (TPSA) is 37.9 Å². The highest BCUT2D eigenvalue weighted by Gasteiger charge is 2.06. The highest BCUT2D eigenvalue weighted by Crippen LogP contribution is 2.24. The molecule has 2 rings (SSSR count). The van der Waals surface area contributed by atoms with E-state index in [9.17, 15) is 0 Å². The largest absolute Gasteiger partial charge is 0.497 e. The fraction of sp³-hybridized carbons (Fsp3) is 0.231. The van der Waals surface area contributed by atoms with Crippen molar-refractivity contribution in [3.05, 3.63) is 40.8 Å². The molecule has 0 bridgehead atoms. The van der Waals surface area contributed by atoms with Crippen LogP contribution in [0, 0.1) is 4.64 Å². The summed E-state index contributed by atoms with van der Waals surface area (Å²) < 4.78 is 5.81. The zero-order valence-electron chi connectivity index (χ0n) is 9.86. The molecular weight excluding hydrogens is 232 g/mol. The molecule has 0 saturated carbocycles. The first-order chi connectivity index (χ1) is 8.26. The van der Waals surface area contributed by atoms with E-state index in [1.54, 1.807) is 13.4 Å². The summed E-state index contributed by atoms with van der Waals surface area (Å²) >= 11 is 5.23. The Hall–Kier alpha value is -1.68. The number of nitrogens with zero attached hydrogens (tertiary/aromatic N) is 1. The molecule has 0 atom stereocenters. The fourth-order valence-electron chi connectivity index (χ4n) is 1.77. The van der Waals surface area contributed by atoms with Gasteiger partial charge < -0.3 is 9.72 Å². The van der Waals surface area contributed by atoms with Gasteiger partial charge in [-0.3, -0.25) is 0 Å². The molecule has 0 spiro atoms. The minimum atomic E-state index is 0.664. The normalized spacial score (nSPS) is 10.2. The van der Waals surface area contributed by atoms with Gasteiger partial charge >= 0.3 is 0 Å². The van der Waals surface area contributed by atoms with Gasteiger partial charge in [-0.25, -0.2) is 4.98 Å². The Bertz CT molecular complexity index is 560. The second kappa shape index (κ2) is 5.10. The first kappa shape index (κ1) is 11.8. The van der Waals surface area contributed by atoms with Crippen molar-refractivity contribution in [3.63, 3.8) is 0 Å². The summed E-state index contributed by atoms with van der Waals surface area (Å²) in [5, 5.41) is 0. The van der Waals surface area contributed by atoms with Crippen LogP contribution in [0.15, 0.2) is 30.6 Å². The van der Waals surface area contributed by atoms with Crippen molar-refractivity contribution >= 4 is 12.2 Å². The molecule has 0 unspecified atom stereocenters. The van der Waals surface area contributed by atoms with Crippen LogP contribution in [0.1, 0.15) is 12.5 Å². The summed E-state index contributed by atoms with van der Waals surface area (Å²) in [5.74, 6) is 0.847. The highest BCUT2D eigenvalue weighted by atomic mass is 32.1. The molecule has 4 heteroatoms. The van der Waals surface area contributed by atoms with Crippen LogP contribution in [0.25, 0.3) is 11.3 Å². The van der Waals surface area contributed by atoms with Crippen LogP contribution < -0.4 is 4.74 Å². The maximum Gasteiger partial charge on any atom is 0.133 e. The maximum atomic E-state index is 5.23. The maximum absolute atomic E-state index is 5.23. The molecule has 2 aromatic rings. The Morgan fingerprint density at radius 3 is 2.59 bits per heavy atom. The quantitative estimate of drug-likeness (QED) is 0.844. The van der Waals surface area contributed by atoms with Crippen LogP contribution in [-0.2, 0) is 6.42 Å². The van der Waals surface area contributed by atoms with Gasteiger partial charge in [0, 0.05) is 5.56 Å². The van der Waals surface area contributed by atoms with Crippen LogP contribution in [0.4, 0.5) is 0 Å². The summed E-state index contributed by atoms with van der Waals surface area (Å²) in [6.45, 7) is 2.08. The molecule has 1 aromatic heterocycles. The van der Waals surface area contributed by atoms with Gasteiger partial charge in [0.25, 0.3) is 0 Å². The van der Waals surface area contributed by atoms with Gasteiger partial charge in [-0.15, -0.1) is 0 Å². The average molecular weight is 246 g/mol. The molecule has 0 saturated heterocycles. The molecule has 0 amide bonds. The number of aromatic amines is 1. The predicted molar refractivity (Wildman–Crippen MR) is 70.8 cm³/mol. The highest BCUT2D eigenvalue weighted by molar-refractivity contribution is 7.71. The molecule has 17 heavy (non-hydrogen) atoms. The van der Waals surface area contributed by atoms with Crippen LogP contribution in [-0.4, -0.2) is 17.1 Å². The van der Waals surface area contributed by atoms with E-state index in [4.69, 9.17) is 17.0 Å². The second-order valence-electron chi connectivity index (χ2n) is 3.64. The Balaban J connectivity index is 2.52. The first-order valence-corrected chi connectivity index (χ1v) is 5.88. The average Bonchev–Trinajstić information content (AvgIpc) is 2.38. The molecule has 1 heterocycles. The van der Waals surface area contributed by atoms with Crippen molar-refractivity contribution < 1.29 is 4.74 Å². The van der Waals surface area contributed by atoms with E-state index in [1.165, 1.54) is 0 Å². The number of rotatable bonds is 3. The number of methoxy groups -OCH3 is 1. The van der Waals surface area contributed by atoms with Crippen molar-refractivity contribution in [2.75, 3.05) is 7.11 Å². The first-order valence-electron chi connectivity index (χ1n) is 5.47. The van der Waals surface area contributed by atoms with E-state index < -0.39 is 0 Å². The molecular formula is C13H14N2OS. The third kappa shape index (κ3) is 2.36. The molecule has 0 aliphatic rings. The number of ether oxygens (including phenoxy) is 1. The lowest BCUT2D eigenvalue weighted by molar-refractivity contribution is 0.415. The van der Waals surface area contributed by atoms with Crippen molar-refractivity contribution in [1.82, 2.24) is 9.97 Å². The van der Waals surface area contributed by atoms with E-state index in [1.807, 2.05) is 24.3 Å². The second-order valence-corrected chi connectivity index (χ2v) is 4.03. The van der Waals surface area contributed by atoms with Gasteiger partial charge in [0.1, 0.15) is 10.4 Å². The van der Waals surface area contributed by atoms with E-state index >= 15 is 0 Å². The van der Waals surface area contributed by atoms with Gasteiger partial charge in [0.2, 0.25) is 0 Å². The van der Waals surface area contributed by atoms with E-state index in [-0.39, 0.29) is 0 Å². The van der Waals surface area contributed by atoms with Crippen LogP contribution in [0.3, 0.4) is 0 Å². The minimum absolute atomic E-state index is 0.664. The molecule has 3 nitrogen and oxygen atoms in total. The Kier molecular flexibility index (Phi) is 3.54. The smallest absolute Gasteiger partial charge is 0.133 e. The van der Waals surface area contributed by atoms with Crippen LogP contribution >= 0.6 is 12.2 Å². The summed E-state index contributed by atoms with van der Waals surface area (Å²) in [5.41, 5.74) is 3.21. The summed E-state index contributed by atoms with van der Waals surface area (Å²) in [6.07, 6.45) is 2.51. The summed E-state index contributed by atoms with van der Waals surface area (Å²) in [7, 11) is 1.66. The van der Waals surface area contributed by atoms with E-state index in [0.29, 0.717) is 4.64 Å². The molecule has 0 fully saturated rings. The lowest BCUT2D eigenvalue weighted by atomic mass is 10.1. The number of H-pyrrole nitrogens is 1. The van der Waals surface area contributed by atoms with Gasteiger partial charge in [-0.05, 0) is 36.2 Å². The number of hydrogen-bond acceptors (Lipinski definition) is 3. The predicted octanol–water partition coefficient (Wildman–Crippen LogP) is 3.38. The monoisotopic (exact) mass is 246 g/mol. The Labute approximate surface area is 105 Å². The lowest BCUT2D eigenvalue weighted by Crippen LogP contribution is -1.95. The van der Waals surface area contributed by atoms with Crippen molar-refractivity contribution in [2.45, 2.75) is 13.3 Å². The van der Waals surface area contributed by atoms with Crippen LogP contribution in [0.2, 0.25) is 0 Å². The van der Waals surface area contributed by atoms with Crippen LogP contribution in [0.5, 0.6) is 5.75 Å². The number of nitrogens with one attached hydrogen (secondary N) is 1. The number of hydrogen-bond donors (Lipinski definition) is 1. The Morgan fingerprint density at radius 2 is 2.00 bits per heavy atom. The SMILES string of the molecule is CCc1c(-c2ccc(OC)cc2)[nH]cnc1=S. The molecule has 0 aliphatic carbocycles. The lowest BCUT2D eigenvalue weighted by Gasteiger charge is -2.08. The number of aromatic nitrogens is 2. The van der Waals surface area contributed by atoms with Gasteiger partial charge in [-0.2, -0.15) is 0 Å². The van der Waals surface area contributed by atoms with Crippen molar-refractivity contribution in [1.29, 1.82) is 0 Å². The zero-order valence-corrected chi connectivity index (χ0v) is 10.7.